The summed E-state index contributed by atoms with van der Waals surface area (Å²) in [6.45, 7) is 4.01. The van der Waals surface area contributed by atoms with Crippen LogP contribution in [0.25, 0.3) is 0 Å². The molecule has 1 nitrogen and oxygen atoms in total. The second-order valence-corrected chi connectivity index (χ2v) is 6.35. The van der Waals surface area contributed by atoms with E-state index in [4.69, 9.17) is 0 Å². The van der Waals surface area contributed by atoms with Gasteiger partial charge in [0.2, 0.25) is 0 Å². The molecule has 0 saturated carbocycles. The average Bonchev–Trinajstić information content (AvgIpc) is 2.31. The van der Waals surface area contributed by atoms with Gasteiger partial charge in [-0.25, -0.2) is 0 Å². The van der Waals surface area contributed by atoms with Crippen LogP contribution in [0.4, 0.5) is 0 Å². The van der Waals surface area contributed by atoms with E-state index in [2.05, 4.69) is 38.5 Å². The summed E-state index contributed by atoms with van der Waals surface area (Å²) in [5, 5.41) is 0. The van der Waals surface area contributed by atoms with Gasteiger partial charge in [-0.2, -0.15) is 0 Å². The molecule has 0 N–H and O–H groups in total. The van der Waals surface area contributed by atoms with E-state index in [1.54, 1.807) is 0 Å². The molecule has 18 heavy (non-hydrogen) atoms. The van der Waals surface area contributed by atoms with Gasteiger partial charge >= 0.3 is 0 Å². The van der Waals surface area contributed by atoms with E-state index in [0.29, 0.717) is 0 Å². The van der Waals surface area contributed by atoms with Crippen molar-refractivity contribution in [2.75, 3.05) is 0 Å². The maximum Gasteiger partial charge on any atom is 0.194 e. The fourth-order valence-electron chi connectivity index (χ4n) is 1.88. The van der Waals surface area contributed by atoms with Crippen molar-refractivity contribution in [3.8, 4) is 0 Å². The number of rotatable bonds is 2. The lowest BCUT2D eigenvalue weighted by Crippen LogP contribution is -2.06. The van der Waals surface area contributed by atoms with Gasteiger partial charge in [0.1, 0.15) is 0 Å². The number of carbonyl (C=O) groups excluding carboxylic acids is 1. The largest absolute Gasteiger partial charge is 0.289 e. The van der Waals surface area contributed by atoms with Crippen LogP contribution in [-0.2, 0) is 0 Å². The Morgan fingerprint density at radius 1 is 1.06 bits per heavy atom. The fraction of sp³-hybridized carbons (Fsp3) is 0.133. The molecule has 0 aliphatic carbocycles. The molecule has 2 rings (SSSR count). The van der Waals surface area contributed by atoms with Gasteiger partial charge in [-0.3, -0.25) is 4.79 Å². The van der Waals surface area contributed by atoms with Gasteiger partial charge < -0.3 is 0 Å². The van der Waals surface area contributed by atoms with Crippen molar-refractivity contribution in [3.05, 3.63) is 66.7 Å². The van der Waals surface area contributed by atoms with E-state index in [0.717, 1.165) is 24.7 Å². The van der Waals surface area contributed by atoms with Crippen molar-refractivity contribution in [2.45, 2.75) is 13.8 Å². The van der Waals surface area contributed by atoms with Gasteiger partial charge in [0, 0.05) is 19.2 Å². The number of halogens is 2. The van der Waals surface area contributed by atoms with Gasteiger partial charge in [-0.1, -0.05) is 39.7 Å². The van der Waals surface area contributed by atoms with Crippen LogP contribution >= 0.6 is 38.5 Å². The Morgan fingerprint density at radius 3 is 2.44 bits per heavy atom. The van der Waals surface area contributed by atoms with Crippen LogP contribution in [0, 0.1) is 17.4 Å². The Bertz CT molecular complexity index is 620. The van der Waals surface area contributed by atoms with Crippen molar-refractivity contribution in [2.24, 2.45) is 0 Å². The molecule has 0 aliphatic heterocycles. The first kappa shape index (κ1) is 13.7. The molecule has 0 spiro atoms. The minimum Gasteiger partial charge on any atom is -0.289 e. The number of ketones is 1. The third kappa shape index (κ3) is 2.83. The summed E-state index contributed by atoms with van der Waals surface area (Å²) in [4.78, 5) is 12.5. The molecule has 0 aliphatic rings. The SMILES string of the molecule is Cc1ccc(C(=O)c2cc(Br)ccc2I)c(C)c1. The maximum absolute atomic E-state index is 12.5. The molecule has 0 amide bonds. The van der Waals surface area contributed by atoms with Gasteiger partial charge in [-0.05, 0) is 60.2 Å². The maximum atomic E-state index is 12.5. The predicted molar refractivity (Wildman–Crippen MR) is 86.2 cm³/mol. The second kappa shape index (κ2) is 5.53. The zero-order valence-electron chi connectivity index (χ0n) is 10.1. The van der Waals surface area contributed by atoms with E-state index < -0.39 is 0 Å². The van der Waals surface area contributed by atoms with Gasteiger partial charge in [0.15, 0.2) is 5.78 Å². The monoisotopic (exact) mass is 414 g/mol. The summed E-state index contributed by atoms with van der Waals surface area (Å²) < 4.78 is 1.90. The Labute approximate surface area is 129 Å². The van der Waals surface area contributed by atoms with Crippen LogP contribution < -0.4 is 0 Å². The first-order valence-corrected chi connectivity index (χ1v) is 7.43. The molecule has 0 heterocycles. The highest BCUT2D eigenvalue weighted by Crippen LogP contribution is 2.23. The van der Waals surface area contributed by atoms with Crippen molar-refractivity contribution in [1.82, 2.24) is 0 Å². The van der Waals surface area contributed by atoms with Crippen LogP contribution in [0.2, 0.25) is 0 Å². The smallest absolute Gasteiger partial charge is 0.194 e. The lowest BCUT2D eigenvalue weighted by atomic mass is 9.98. The molecule has 3 heteroatoms. The topological polar surface area (TPSA) is 17.1 Å². The first-order chi connectivity index (χ1) is 8.49. The highest BCUT2D eigenvalue weighted by molar-refractivity contribution is 14.1. The Morgan fingerprint density at radius 2 is 1.78 bits per heavy atom. The van der Waals surface area contributed by atoms with E-state index in [1.807, 2.05) is 50.2 Å². The molecular formula is C15H12BrIO. The van der Waals surface area contributed by atoms with E-state index >= 15 is 0 Å². The lowest BCUT2D eigenvalue weighted by Gasteiger charge is -2.08. The van der Waals surface area contributed by atoms with Crippen LogP contribution in [0.5, 0.6) is 0 Å². The minimum atomic E-state index is 0.0817. The molecule has 0 aromatic heterocycles. The normalized spacial score (nSPS) is 10.4. The highest BCUT2D eigenvalue weighted by atomic mass is 127. The lowest BCUT2D eigenvalue weighted by molar-refractivity contribution is 0.103. The average molecular weight is 415 g/mol. The van der Waals surface area contributed by atoms with Crippen LogP contribution in [-0.4, -0.2) is 5.78 Å². The summed E-state index contributed by atoms with van der Waals surface area (Å²) in [5.74, 6) is 0.0817. The number of hydrogen-bond donors (Lipinski definition) is 0. The van der Waals surface area contributed by atoms with E-state index in [-0.39, 0.29) is 5.78 Å². The zero-order valence-corrected chi connectivity index (χ0v) is 13.9. The number of benzene rings is 2. The van der Waals surface area contributed by atoms with Crippen molar-refractivity contribution >= 4 is 44.3 Å². The van der Waals surface area contributed by atoms with Gasteiger partial charge in [0.05, 0.1) is 0 Å². The van der Waals surface area contributed by atoms with Crippen molar-refractivity contribution in [3.63, 3.8) is 0 Å². The molecule has 0 atom stereocenters. The van der Waals surface area contributed by atoms with Crippen molar-refractivity contribution in [1.29, 1.82) is 0 Å². The number of hydrogen-bond acceptors (Lipinski definition) is 1. The highest BCUT2D eigenvalue weighted by Gasteiger charge is 2.14. The Hall–Kier alpha value is -0.680. The molecule has 2 aromatic carbocycles. The molecule has 2 aromatic rings. The summed E-state index contributed by atoms with van der Waals surface area (Å²) in [7, 11) is 0. The van der Waals surface area contributed by atoms with Crippen LogP contribution in [0.3, 0.4) is 0 Å². The quantitative estimate of drug-likeness (QED) is 0.504. The standard InChI is InChI=1S/C15H12BrIO/c1-9-3-5-12(10(2)7-9)15(18)13-8-11(16)4-6-14(13)17/h3-8H,1-2H3. The van der Waals surface area contributed by atoms with E-state index in [9.17, 15) is 4.79 Å². The molecule has 0 unspecified atom stereocenters. The Balaban J connectivity index is 2.51. The van der Waals surface area contributed by atoms with E-state index in [1.165, 1.54) is 5.56 Å². The summed E-state index contributed by atoms with van der Waals surface area (Å²) in [5.41, 5.74) is 3.72. The Kier molecular flexibility index (Phi) is 4.22. The number of aryl methyl sites for hydroxylation is 2. The summed E-state index contributed by atoms with van der Waals surface area (Å²) in [6.07, 6.45) is 0. The summed E-state index contributed by atoms with van der Waals surface area (Å²) >= 11 is 5.61. The van der Waals surface area contributed by atoms with Crippen LogP contribution in [0.1, 0.15) is 27.0 Å². The molecule has 0 fully saturated rings. The summed E-state index contributed by atoms with van der Waals surface area (Å²) in [6, 6.07) is 11.7. The third-order valence-electron chi connectivity index (χ3n) is 2.80. The minimum absolute atomic E-state index is 0.0817. The number of carbonyl (C=O) groups is 1. The first-order valence-electron chi connectivity index (χ1n) is 5.56. The zero-order chi connectivity index (χ0) is 13.3. The predicted octanol–water partition coefficient (Wildman–Crippen LogP) is 4.90. The fourth-order valence-corrected chi connectivity index (χ4v) is 2.83. The van der Waals surface area contributed by atoms with Crippen LogP contribution in [0.15, 0.2) is 40.9 Å². The van der Waals surface area contributed by atoms with Gasteiger partial charge in [0.25, 0.3) is 0 Å². The molecule has 0 saturated heterocycles. The second-order valence-electron chi connectivity index (χ2n) is 4.27. The molecular weight excluding hydrogens is 403 g/mol. The molecule has 0 bridgehead atoms. The molecule has 92 valence electrons. The van der Waals surface area contributed by atoms with Crippen molar-refractivity contribution < 1.29 is 4.79 Å². The third-order valence-corrected chi connectivity index (χ3v) is 4.23. The molecule has 0 radical (unpaired) electrons. The van der Waals surface area contributed by atoms with Gasteiger partial charge in [-0.15, -0.1) is 0 Å².